The van der Waals surface area contributed by atoms with Gasteiger partial charge in [-0.05, 0) is 82.5 Å². The summed E-state index contributed by atoms with van der Waals surface area (Å²) >= 11 is 12.5. The van der Waals surface area contributed by atoms with Gasteiger partial charge in [-0.1, -0.05) is 35.4 Å². The fourth-order valence-corrected chi connectivity index (χ4v) is 7.52. The Morgan fingerprint density at radius 2 is 1.77 bits per heavy atom. The third-order valence-electron chi connectivity index (χ3n) is 8.12. The number of rotatable bonds is 1. The summed E-state index contributed by atoms with van der Waals surface area (Å²) in [4.78, 5) is 43.4. The molecule has 2 fully saturated rings. The number of ether oxygens (including phenoxy) is 1. The summed E-state index contributed by atoms with van der Waals surface area (Å²) in [7, 11) is -4.16. The minimum Gasteiger partial charge on any atom is -0.444 e. The molecule has 44 heavy (non-hydrogen) atoms. The second-order valence-corrected chi connectivity index (χ2v) is 15.2. The first kappa shape index (κ1) is 32.1. The molecular weight excluding hydrogens is 627 g/mol. The van der Waals surface area contributed by atoms with Crippen molar-refractivity contribution in [3.8, 4) is 0 Å². The van der Waals surface area contributed by atoms with Crippen LogP contribution in [0.1, 0.15) is 50.4 Å². The molecule has 2 aromatic carbocycles. The lowest BCUT2D eigenvalue weighted by molar-refractivity contribution is -0.131. The lowest BCUT2D eigenvalue weighted by atomic mass is 9.82. The van der Waals surface area contributed by atoms with Crippen molar-refractivity contribution in [2.45, 2.75) is 56.6 Å². The first-order valence-electron chi connectivity index (χ1n) is 14.5. The van der Waals surface area contributed by atoms with Crippen LogP contribution in [0.3, 0.4) is 0 Å². The molecular formula is C31H36Cl2N4O6S. The van der Waals surface area contributed by atoms with Crippen LogP contribution in [-0.2, 0) is 19.6 Å². The van der Waals surface area contributed by atoms with E-state index in [0.29, 0.717) is 36.6 Å². The molecule has 4 bridgehead atoms. The molecule has 2 atom stereocenters. The van der Waals surface area contributed by atoms with Crippen LogP contribution in [-0.4, -0.2) is 80.5 Å². The van der Waals surface area contributed by atoms with Crippen molar-refractivity contribution in [2.24, 2.45) is 5.41 Å². The maximum atomic E-state index is 14.1. The molecule has 3 heterocycles. The molecule has 2 aromatic rings. The smallest absolute Gasteiger partial charge is 0.410 e. The molecule has 2 saturated heterocycles. The summed E-state index contributed by atoms with van der Waals surface area (Å²) in [6, 6.07) is 10.2. The Morgan fingerprint density at radius 1 is 1.05 bits per heavy atom. The first-order chi connectivity index (χ1) is 20.7. The summed E-state index contributed by atoms with van der Waals surface area (Å²) in [5, 5.41) is 3.71. The van der Waals surface area contributed by atoms with Crippen molar-refractivity contribution in [3.05, 3.63) is 70.2 Å². The van der Waals surface area contributed by atoms with Gasteiger partial charge in [0, 0.05) is 37.2 Å². The average molecular weight is 664 g/mol. The van der Waals surface area contributed by atoms with Crippen molar-refractivity contribution in [2.75, 3.05) is 37.0 Å². The largest absolute Gasteiger partial charge is 0.444 e. The molecule has 236 valence electrons. The van der Waals surface area contributed by atoms with Gasteiger partial charge in [0.15, 0.2) is 0 Å². The van der Waals surface area contributed by atoms with Crippen molar-refractivity contribution in [3.63, 3.8) is 0 Å². The molecule has 3 amide bonds. The van der Waals surface area contributed by atoms with Gasteiger partial charge in [0.05, 0.1) is 33.1 Å². The van der Waals surface area contributed by atoms with Crippen LogP contribution >= 0.6 is 23.2 Å². The zero-order valence-electron chi connectivity index (χ0n) is 24.9. The van der Waals surface area contributed by atoms with E-state index in [4.69, 9.17) is 27.9 Å². The van der Waals surface area contributed by atoms with E-state index in [1.54, 1.807) is 67.0 Å². The van der Waals surface area contributed by atoms with Crippen LogP contribution in [0.5, 0.6) is 0 Å². The summed E-state index contributed by atoms with van der Waals surface area (Å²) in [6.07, 6.45) is 4.19. The number of carbonyl (C=O) groups excluding carboxylic acids is 3. The van der Waals surface area contributed by atoms with Gasteiger partial charge in [-0.3, -0.25) is 13.9 Å². The van der Waals surface area contributed by atoms with Crippen LogP contribution in [0.2, 0.25) is 10.0 Å². The van der Waals surface area contributed by atoms with Gasteiger partial charge < -0.3 is 19.9 Å². The number of anilines is 1. The van der Waals surface area contributed by atoms with Crippen LogP contribution < -0.4 is 9.62 Å². The minimum absolute atomic E-state index is 0.0574. The van der Waals surface area contributed by atoms with Crippen molar-refractivity contribution in [1.82, 2.24) is 15.1 Å². The van der Waals surface area contributed by atoms with Gasteiger partial charge >= 0.3 is 6.09 Å². The molecule has 0 radical (unpaired) electrons. The lowest BCUT2D eigenvalue weighted by Gasteiger charge is -2.30. The number of sulfonamides is 1. The Bertz CT molecular complexity index is 1590. The molecule has 0 saturated carbocycles. The normalized spacial score (nSPS) is 24.8. The Hall–Kier alpha value is -3.28. The van der Waals surface area contributed by atoms with E-state index in [-0.39, 0.29) is 53.5 Å². The van der Waals surface area contributed by atoms with E-state index in [1.807, 2.05) is 0 Å². The molecule has 3 aliphatic rings. The van der Waals surface area contributed by atoms with Crippen LogP contribution in [0.25, 0.3) is 0 Å². The van der Waals surface area contributed by atoms with Gasteiger partial charge in [0.2, 0.25) is 5.91 Å². The van der Waals surface area contributed by atoms with E-state index < -0.39 is 33.0 Å². The second kappa shape index (κ2) is 12.3. The Kier molecular flexibility index (Phi) is 8.94. The monoisotopic (exact) mass is 662 g/mol. The SMILES string of the molecule is CC(C)(C)OC(=O)N1CCC2(C/C=C/CN(c3ccc(Cl)cc3)S(=O)(=O)c3ccc(Cl)c(c3)C(=O)N3CC[C@@H](C3)NC2=O)C1. The van der Waals surface area contributed by atoms with Gasteiger partial charge in [-0.15, -0.1) is 0 Å². The molecule has 3 aliphatic heterocycles. The van der Waals surface area contributed by atoms with E-state index >= 15 is 0 Å². The fraction of sp³-hybridized carbons (Fsp3) is 0.452. The topological polar surface area (TPSA) is 116 Å². The summed E-state index contributed by atoms with van der Waals surface area (Å²) in [6.45, 7) is 6.40. The van der Waals surface area contributed by atoms with E-state index in [2.05, 4.69) is 5.32 Å². The summed E-state index contributed by atoms with van der Waals surface area (Å²) in [5.74, 6) is -0.637. The zero-order valence-corrected chi connectivity index (χ0v) is 27.2. The number of carbonyl (C=O) groups is 3. The predicted molar refractivity (Wildman–Crippen MR) is 169 cm³/mol. The molecule has 0 aromatic heterocycles. The number of nitrogens with one attached hydrogen (secondary N) is 1. The highest BCUT2D eigenvalue weighted by Gasteiger charge is 2.47. The highest BCUT2D eigenvalue weighted by Crippen LogP contribution is 2.37. The van der Waals surface area contributed by atoms with Crippen LogP contribution in [0.15, 0.2) is 59.5 Å². The quantitative estimate of drug-likeness (QED) is 0.425. The van der Waals surface area contributed by atoms with Gasteiger partial charge in [-0.25, -0.2) is 13.2 Å². The fourth-order valence-electron chi connectivity index (χ4n) is 5.76. The number of likely N-dealkylation sites (tertiary alicyclic amines) is 1. The molecule has 1 spiro atoms. The molecule has 10 nitrogen and oxygen atoms in total. The maximum absolute atomic E-state index is 14.1. The first-order valence-corrected chi connectivity index (χ1v) is 16.7. The standard InChI is InChI=1S/C31H36Cl2N4O6S/c1-30(2,3)43-29(40)36-17-14-31(20-36)13-4-5-15-37(23-8-6-21(32)7-9-23)44(41,42)24-10-11-26(33)25(18-24)27(38)35-16-12-22(19-35)34-28(31)39/h4-11,18,22H,12-17,19-20H2,1-3H3,(H,34,39)/b5-4+/t22-,31?/m0/s1. The number of hydrogen-bond donors (Lipinski definition) is 1. The number of nitrogens with zero attached hydrogens (tertiary/aromatic N) is 3. The average Bonchev–Trinajstić information content (AvgIpc) is 3.60. The minimum atomic E-state index is -4.16. The second-order valence-electron chi connectivity index (χ2n) is 12.5. The highest BCUT2D eigenvalue weighted by atomic mass is 35.5. The van der Waals surface area contributed by atoms with Gasteiger partial charge in [0.25, 0.3) is 15.9 Å². The Morgan fingerprint density at radius 3 is 2.48 bits per heavy atom. The number of benzene rings is 2. The van der Waals surface area contributed by atoms with E-state index in [0.717, 1.165) is 0 Å². The Labute approximate surface area is 268 Å². The molecule has 0 aliphatic carbocycles. The number of allylic oxidation sites excluding steroid dienone is 1. The third-order valence-corrected chi connectivity index (χ3v) is 10.5. The summed E-state index contributed by atoms with van der Waals surface area (Å²) in [5.41, 5.74) is -1.21. The van der Waals surface area contributed by atoms with Crippen molar-refractivity contribution < 1.29 is 27.5 Å². The number of hydrogen-bond acceptors (Lipinski definition) is 6. The predicted octanol–water partition coefficient (Wildman–Crippen LogP) is 5.11. The van der Waals surface area contributed by atoms with E-state index in [1.165, 1.54) is 22.5 Å². The maximum Gasteiger partial charge on any atom is 0.410 e. The molecule has 5 rings (SSSR count). The number of halogens is 2. The van der Waals surface area contributed by atoms with Crippen LogP contribution in [0, 0.1) is 5.41 Å². The number of amides is 3. The van der Waals surface area contributed by atoms with E-state index in [9.17, 15) is 22.8 Å². The molecule has 1 N–H and O–H groups in total. The highest BCUT2D eigenvalue weighted by molar-refractivity contribution is 7.92. The Balaban J connectivity index is 1.53. The molecule has 13 heteroatoms. The van der Waals surface area contributed by atoms with Gasteiger partial charge in [0.1, 0.15) is 5.60 Å². The van der Waals surface area contributed by atoms with Gasteiger partial charge in [-0.2, -0.15) is 0 Å². The van der Waals surface area contributed by atoms with Crippen molar-refractivity contribution in [1.29, 1.82) is 0 Å². The molecule has 1 unspecified atom stereocenters. The number of fused-ring (bicyclic) bond motifs is 4. The lowest BCUT2D eigenvalue weighted by Crippen LogP contribution is -2.48. The zero-order chi connectivity index (χ0) is 31.9. The third kappa shape index (κ3) is 6.69. The van der Waals surface area contributed by atoms with Crippen molar-refractivity contribution >= 4 is 56.8 Å². The summed E-state index contributed by atoms with van der Waals surface area (Å²) < 4.78 is 34.9. The van der Waals surface area contributed by atoms with Crippen LogP contribution in [0.4, 0.5) is 10.5 Å².